The minimum absolute atomic E-state index is 1.05. The van der Waals surface area contributed by atoms with Crippen LogP contribution in [0.25, 0.3) is 0 Å². The molecular formula is C12H12S. The van der Waals surface area contributed by atoms with Crippen LogP contribution in [-0.2, 0) is 0 Å². The second-order valence-electron chi connectivity index (χ2n) is 2.48. The summed E-state index contributed by atoms with van der Waals surface area (Å²) in [5, 5.41) is 2.04. The second kappa shape index (κ2) is 5.44. The van der Waals surface area contributed by atoms with Crippen LogP contribution < -0.4 is 0 Å². The highest BCUT2D eigenvalue weighted by atomic mass is 32.2. The maximum atomic E-state index is 3.96. The van der Waals surface area contributed by atoms with E-state index in [0.29, 0.717) is 0 Å². The van der Waals surface area contributed by atoms with E-state index in [0.717, 1.165) is 5.57 Å². The average Bonchev–Trinajstić information content (AvgIpc) is 2.32. The van der Waals surface area contributed by atoms with Crippen molar-refractivity contribution < 1.29 is 0 Å². The van der Waals surface area contributed by atoms with Gasteiger partial charge in [0.25, 0.3) is 0 Å². The van der Waals surface area contributed by atoms with E-state index in [-0.39, 0.29) is 0 Å². The predicted molar refractivity (Wildman–Crippen MR) is 62.4 cm³/mol. The fourth-order valence-corrected chi connectivity index (χ4v) is 1.55. The first kappa shape index (κ1) is 9.87. The normalized spacial score (nSPS) is 19.7. The largest absolute Gasteiger partial charge is 0.0991 e. The van der Waals surface area contributed by atoms with Crippen molar-refractivity contribution in [3.8, 4) is 0 Å². The van der Waals surface area contributed by atoms with Crippen LogP contribution in [0.3, 0.4) is 0 Å². The third-order valence-electron chi connectivity index (χ3n) is 1.49. The molecule has 0 unspecified atom stereocenters. The molecule has 0 N–H and O–H groups in total. The molecule has 0 fully saturated rings. The molecule has 0 aromatic carbocycles. The molecule has 1 aliphatic heterocycles. The molecule has 0 aromatic heterocycles. The first-order valence-electron chi connectivity index (χ1n) is 4.03. The van der Waals surface area contributed by atoms with Crippen LogP contribution in [0.4, 0.5) is 0 Å². The Morgan fingerprint density at radius 3 is 2.85 bits per heavy atom. The van der Waals surface area contributed by atoms with Crippen LogP contribution >= 0.6 is 11.8 Å². The molecule has 0 nitrogen and oxygen atoms in total. The third kappa shape index (κ3) is 3.34. The van der Waals surface area contributed by atoms with Crippen molar-refractivity contribution in [3.63, 3.8) is 0 Å². The molecule has 0 saturated carbocycles. The SMILES string of the molecule is C=C/C=C\C=C1/SC=CC=CC1=C. The second-order valence-corrected chi connectivity index (χ2v) is 3.43. The van der Waals surface area contributed by atoms with Crippen molar-refractivity contribution >= 4 is 11.8 Å². The van der Waals surface area contributed by atoms with E-state index >= 15 is 0 Å². The highest BCUT2D eigenvalue weighted by Crippen LogP contribution is 2.27. The van der Waals surface area contributed by atoms with E-state index in [4.69, 9.17) is 0 Å². The summed E-state index contributed by atoms with van der Waals surface area (Å²) in [7, 11) is 0. The van der Waals surface area contributed by atoms with Gasteiger partial charge in [-0.25, -0.2) is 0 Å². The Balaban J connectivity index is 2.77. The summed E-state index contributed by atoms with van der Waals surface area (Å²) in [4.78, 5) is 1.17. The molecule has 0 aliphatic carbocycles. The molecule has 1 rings (SSSR count). The van der Waals surface area contributed by atoms with Crippen molar-refractivity contribution in [3.05, 3.63) is 71.6 Å². The van der Waals surface area contributed by atoms with Crippen molar-refractivity contribution in [2.75, 3.05) is 0 Å². The smallest absolute Gasteiger partial charge is 0.0182 e. The van der Waals surface area contributed by atoms with E-state index in [1.54, 1.807) is 17.8 Å². The molecule has 1 aliphatic rings. The van der Waals surface area contributed by atoms with E-state index in [9.17, 15) is 0 Å². The van der Waals surface area contributed by atoms with Gasteiger partial charge in [0.05, 0.1) is 0 Å². The summed E-state index contributed by atoms with van der Waals surface area (Å²) < 4.78 is 0. The van der Waals surface area contributed by atoms with Crippen LogP contribution in [0.5, 0.6) is 0 Å². The lowest BCUT2D eigenvalue weighted by Gasteiger charge is -1.99. The van der Waals surface area contributed by atoms with Gasteiger partial charge in [-0.3, -0.25) is 0 Å². The summed E-state index contributed by atoms with van der Waals surface area (Å²) in [5.41, 5.74) is 1.05. The lowest BCUT2D eigenvalue weighted by Crippen LogP contribution is -1.75. The van der Waals surface area contributed by atoms with Crippen molar-refractivity contribution in [2.24, 2.45) is 0 Å². The fourth-order valence-electron chi connectivity index (χ4n) is 0.855. The molecule has 1 heteroatoms. The van der Waals surface area contributed by atoms with Gasteiger partial charge in [-0.15, -0.1) is 0 Å². The first-order valence-corrected chi connectivity index (χ1v) is 4.91. The summed E-state index contributed by atoms with van der Waals surface area (Å²) >= 11 is 1.68. The highest BCUT2D eigenvalue weighted by Gasteiger charge is 1.98. The molecule has 66 valence electrons. The Hall–Kier alpha value is -1.21. The number of thioether (sulfide) groups is 1. The summed E-state index contributed by atoms with van der Waals surface area (Å²) in [6, 6.07) is 0. The average molecular weight is 188 g/mol. The Morgan fingerprint density at radius 2 is 2.08 bits per heavy atom. The molecule has 13 heavy (non-hydrogen) atoms. The van der Waals surface area contributed by atoms with Gasteiger partial charge in [-0.1, -0.05) is 61.4 Å². The quantitative estimate of drug-likeness (QED) is 0.590. The van der Waals surface area contributed by atoms with Gasteiger partial charge in [-0.05, 0) is 17.1 Å². The van der Waals surface area contributed by atoms with Gasteiger partial charge in [0, 0.05) is 4.91 Å². The number of hydrogen-bond acceptors (Lipinski definition) is 1. The number of rotatable bonds is 2. The molecule has 0 amide bonds. The van der Waals surface area contributed by atoms with Crippen molar-refractivity contribution in [1.29, 1.82) is 0 Å². The van der Waals surface area contributed by atoms with Crippen LogP contribution in [0.15, 0.2) is 71.6 Å². The fraction of sp³-hybridized carbons (Fsp3) is 0. The molecule has 0 radical (unpaired) electrons. The topological polar surface area (TPSA) is 0 Å². The molecule has 0 aromatic rings. The Labute approximate surface area is 83.7 Å². The van der Waals surface area contributed by atoms with Gasteiger partial charge in [0.15, 0.2) is 0 Å². The van der Waals surface area contributed by atoms with Gasteiger partial charge in [0.1, 0.15) is 0 Å². The minimum atomic E-state index is 1.05. The third-order valence-corrected chi connectivity index (χ3v) is 2.44. The number of allylic oxidation sites excluding steroid dienone is 8. The van der Waals surface area contributed by atoms with Gasteiger partial charge >= 0.3 is 0 Å². The van der Waals surface area contributed by atoms with Crippen molar-refractivity contribution in [1.82, 2.24) is 0 Å². The molecule has 0 atom stereocenters. The van der Waals surface area contributed by atoms with Crippen LogP contribution in [0.1, 0.15) is 0 Å². The van der Waals surface area contributed by atoms with Gasteiger partial charge < -0.3 is 0 Å². The zero-order valence-electron chi connectivity index (χ0n) is 7.44. The van der Waals surface area contributed by atoms with E-state index in [1.165, 1.54) is 4.91 Å². The van der Waals surface area contributed by atoms with E-state index in [1.807, 2.05) is 41.9 Å². The lowest BCUT2D eigenvalue weighted by molar-refractivity contribution is 1.70. The molecule has 0 saturated heterocycles. The summed E-state index contributed by atoms with van der Waals surface area (Å²) in [6.45, 7) is 7.57. The zero-order valence-corrected chi connectivity index (χ0v) is 8.26. The standard InChI is InChI=1S/C12H12S/c1-3-4-5-9-12-11(2)8-6-7-10-13-12/h3-10H,1-2H2/b5-4-,12-9-. The Morgan fingerprint density at radius 1 is 1.23 bits per heavy atom. The van der Waals surface area contributed by atoms with Crippen LogP contribution in [-0.4, -0.2) is 0 Å². The van der Waals surface area contributed by atoms with Crippen molar-refractivity contribution in [2.45, 2.75) is 0 Å². The Kier molecular flexibility index (Phi) is 4.13. The maximum Gasteiger partial charge on any atom is 0.0182 e. The van der Waals surface area contributed by atoms with E-state index in [2.05, 4.69) is 13.2 Å². The monoisotopic (exact) mass is 188 g/mol. The minimum Gasteiger partial charge on any atom is -0.0991 e. The van der Waals surface area contributed by atoms with Crippen LogP contribution in [0, 0.1) is 0 Å². The Bertz CT molecular complexity index is 314. The summed E-state index contributed by atoms with van der Waals surface area (Å²) in [6.07, 6.45) is 13.7. The van der Waals surface area contributed by atoms with Crippen LogP contribution in [0.2, 0.25) is 0 Å². The first-order chi connectivity index (χ1) is 6.34. The van der Waals surface area contributed by atoms with Gasteiger partial charge in [-0.2, -0.15) is 0 Å². The van der Waals surface area contributed by atoms with Gasteiger partial charge in [0.2, 0.25) is 0 Å². The summed E-state index contributed by atoms with van der Waals surface area (Å²) in [5.74, 6) is 0. The molecule has 1 heterocycles. The molecular weight excluding hydrogens is 176 g/mol. The lowest BCUT2D eigenvalue weighted by atomic mass is 10.2. The molecule has 0 bridgehead atoms. The predicted octanol–water partition coefficient (Wildman–Crippen LogP) is 3.99. The zero-order chi connectivity index (χ0) is 9.52. The maximum absolute atomic E-state index is 3.96. The van der Waals surface area contributed by atoms with E-state index < -0.39 is 0 Å². The molecule has 0 spiro atoms. The highest BCUT2D eigenvalue weighted by molar-refractivity contribution is 8.06. The number of hydrogen-bond donors (Lipinski definition) is 0.